The number of hydrogen-bond acceptors (Lipinski definition) is 6. The van der Waals surface area contributed by atoms with E-state index in [1.165, 1.54) is 11.3 Å². The predicted molar refractivity (Wildman–Crippen MR) is 113 cm³/mol. The van der Waals surface area contributed by atoms with Crippen LogP contribution in [0.3, 0.4) is 0 Å². The van der Waals surface area contributed by atoms with Crippen molar-refractivity contribution in [3.8, 4) is 0 Å². The SMILES string of the molecule is O=C(OCc1ccccc1)C1(NN([O-])c2cc3ccccc3s2)CCCCC1. The molecule has 0 radical (unpaired) electrons. The smallest absolute Gasteiger partial charge is 0.328 e. The van der Waals surface area contributed by atoms with Crippen LogP contribution in [-0.2, 0) is 16.1 Å². The number of rotatable bonds is 6. The van der Waals surface area contributed by atoms with Gasteiger partial charge in [0.15, 0.2) is 0 Å². The van der Waals surface area contributed by atoms with Gasteiger partial charge in [-0.1, -0.05) is 67.8 Å². The highest BCUT2D eigenvalue weighted by Gasteiger charge is 2.41. The summed E-state index contributed by atoms with van der Waals surface area (Å²) in [5.74, 6) is -0.349. The number of nitrogens with one attached hydrogen (secondary N) is 1. The number of hydrazine groups is 1. The molecule has 0 atom stereocenters. The summed E-state index contributed by atoms with van der Waals surface area (Å²) in [5, 5.41) is 15.2. The van der Waals surface area contributed by atoms with Crippen molar-refractivity contribution >= 4 is 32.4 Å². The van der Waals surface area contributed by atoms with E-state index in [-0.39, 0.29) is 12.6 Å². The topological polar surface area (TPSA) is 64.6 Å². The predicted octanol–water partition coefficient (Wildman–Crippen LogP) is 5.16. The summed E-state index contributed by atoms with van der Waals surface area (Å²) in [5.41, 5.74) is 2.93. The van der Waals surface area contributed by atoms with Crippen LogP contribution in [-0.4, -0.2) is 11.5 Å². The first-order chi connectivity index (χ1) is 13.7. The fourth-order valence-electron chi connectivity index (χ4n) is 3.70. The average Bonchev–Trinajstić information content (AvgIpc) is 3.18. The van der Waals surface area contributed by atoms with Gasteiger partial charge in [0.05, 0.1) is 5.00 Å². The normalized spacial score (nSPS) is 16.0. The van der Waals surface area contributed by atoms with Gasteiger partial charge in [0.1, 0.15) is 12.1 Å². The first kappa shape index (κ1) is 18.9. The summed E-state index contributed by atoms with van der Waals surface area (Å²) in [6.07, 6.45) is 4.06. The van der Waals surface area contributed by atoms with Crippen LogP contribution in [0.5, 0.6) is 0 Å². The summed E-state index contributed by atoms with van der Waals surface area (Å²) in [6, 6.07) is 19.3. The Hall–Kier alpha value is -2.41. The van der Waals surface area contributed by atoms with Crippen molar-refractivity contribution in [2.45, 2.75) is 44.2 Å². The molecule has 28 heavy (non-hydrogen) atoms. The maximum absolute atomic E-state index is 13.0. The standard InChI is InChI=1S/C22H23N2O3S/c25-21(27-16-17-9-3-1-4-10-17)22(13-7-2-8-14-22)23-24(26)20-15-18-11-5-6-12-19(18)28-20/h1,3-6,9-12,15,23H,2,7-8,13-14,16H2/q-1. The van der Waals surface area contributed by atoms with E-state index in [1.807, 2.05) is 60.7 Å². The molecule has 6 heteroatoms. The second kappa shape index (κ2) is 8.31. The Labute approximate surface area is 168 Å². The van der Waals surface area contributed by atoms with Crippen LogP contribution in [0.4, 0.5) is 5.00 Å². The van der Waals surface area contributed by atoms with Gasteiger partial charge in [-0.05, 0) is 35.9 Å². The Morgan fingerprint density at radius 1 is 1.07 bits per heavy atom. The van der Waals surface area contributed by atoms with E-state index in [2.05, 4.69) is 5.43 Å². The number of fused-ring (bicyclic) bond motifs is 1. The van der Waals surface area contributed by atoms with E-state index < -0.39 is 5.54 Å². The van der Waals surface area contributed by atoms with Gasteiger partial charge in [0, 0.05) is 4.70 Å². The molecule has 0 aliphatic heterocycles. The molecule has 1 aliphatic carbocycles. The quantitative estimate of drug-likeness (QED) is 0.461. The highest BCUT2D eigenvalue weighted by molar-refractivity contribution is 7.22. The molecular formula is C22H23N2O3S-. The van der Waals surface area contributed by atoms with Crippen molar-refractivity contribution in [3.05, 3.63) is 71.4 Å². The fraction of sp³-hybridized carbons (Fsp3) is 0.318. The molecule has 0 amide bonds. The maximum atomic E-state index is 13.0. The molecule has 1 N–H and O–H groups in total. The highest BCUT2D eigenvalue weighted by Crippen LogP contribution is 2.34. The minimum Gasteiger partial charge on any atom is -0.743 e. The molecule has 2 aromatic carbocycles. The number of ether oxygens (including phenoxy) is 1. The van der Waals surface area contributed by atoms with Gasteiger partial charge < -0.3 is 15.1 Å². The van der Waals surface area contributed by atoms with Crippen molar-refractivity contribution in [2.75, 3.05) is 5.17 Å². The molecular weight excluding hydrogens is 372 g/mol. The third-order valence-corrected chi connectivity index (χ3v) is 6.32. The van der Waals surface area contributed by atoms with Crippen LogP contribution in [0.1, 0.15) is 37.7 Å². The molecule has 1 fully saturated rings. The molecule has 1 heterocycles. The van der Waals surface area contributed by atoms with E-state index >= 15 is 0 Å². The zero-order valence-corrected chi connectivity index (χ0v) is 16.4. The van der Waals surface area contributed by atoms with Crippen LogP contribution in [0.2, 0.25) is 0 Å². The van der Waals surface area contributed by atoms with Crippen molar-refractivity contribution in [2.24, 2.45) is 0 Å². The number of thiophene rings is 1. The van der Waals surface area contributed by atoms with Gasteiger partial charge in [0.2, 0.25) is 0 Å². The van der Waals surface area contributed by atoms with Crippen LogP contribution in [0.15, 0.2) is 60.7 Å². The largest absolute Gasteiger partial charge is 0.743 e. The molecule has 4 rings (SSSR count). The van der Waals surface area contributed by atoms with Crippen molar-refractivity contribution in [3.63, 3.8) is 0 Å². The first-order valence-electron chi connectivity index (χ1n) is 9.61. The third-order valence-electron chi connectivity index (χ3n) is 5.24. The number of carbonyl (C=O) groups is 1. The summed E-state index contributed by atoms with van der Waals surface area (Å²) in [6.45, 7) is 0.213. The van der Waals surface area contributed by atoms with Crippen LogP contribution < -0.4 is 10.6 Å². The lowest BCUT2D eigenvalue weighted by atomic mass is 9.82. The first-order valence-corrected chi connectivity index (χ1v) is 10.4. The minimum atomic E-state index is -0.967. The molecule has 0 unspecified atom stereocenters. The number of carbonyl (C=O) groups excluding carboxylic acids is 1. The molecule has 1 aromatic heterocycles. The Morgan fingerprint density at radius 2 is 1.79 bits per heavy atom. The summed E-state index contributed by atoms with van der Waals surface area (Å²) in [7, 11) is 0. The second-order valence-corrected chi connectivity index (χ2v) is 8.30. The Balaban J connectivity index is 1.50. The zero-order valence-electron chi connectivity index (χ0n) is 15.6. The van der Waals surface area contributed by atoms with Crippen LogP contribution in [0, 0.1) is 5.21 Å². The van der Waals surface area contributed by atoms with Crippen LogP contribution >= 0.6 is 11.3 Å². The van der Waals surface area contributed by atoms with Gasteiger partial charge >= 0.3 is 5.97 Å². The molecule has 0 bridgehead atoms. The zero-order chi connectivity index (χ0) is 19.4. The van der Waals surface area contributed by atoms with E-state index in [0.717, 1.165) is 40.1 Å². The van der Waals surface area contributed by atoms with Gasteiger partial charge in [-0.25, -0.2) is 10.2 Å². The number of nitrogens with zero attached hydrogens (tertiary/aromatic N) is 1. The van der Waals surface area contributed by atoms with Crippen molar-refractivity contribution in [1.29, 1.82) is 0 Å². The van der Waals surface area contributed by atoms with Crippen molar-refractivity contribution < 1.29 is 9.53 Å². The lowest BCUT2D eigenvalue weighted by Gasteiger charge is -2.43. The van der Waals surface area contributed by atoms with E-state index in [9.17, 15) is 10.0 Å². The number of esters is 1. The summed E-state index contributed by atoms with van der Waals surface area (Å²) in [4.78, 5) is 13.0. The monoisotopic (exact) mass is 395 g/mol. The Kier molecular flexibility index (Phi) is 5.62. The van der Waals surface area contributed by atoms with Crippen LogP contribution in [0.25, 0.3) is 10.1 Å². The molecule has 1 aliphatic rings. The van der Waals surface area contributed by atoms with Gasteiger partial charge in [-0.15, -0.1) is 11.3 Å². The van der Waals surface area contributed by atoms with Gasteiger partial charge in [-0.2, -0.15) is 0 Å². The second-order valence-electron chi connectivity index (χ2n) is 7.23. The Bertz CT molecular complexity index is 902. The highest BCUT2D eigenvalue weighted by atomic mass is 32.1. The Morgan fingerprint density at radius 3 is 2.54 bits per heavy atom. The summed E-state index contributed by atoms with van der Waals surface area (Å²) < 4.78 is 6.65. The maximum Gasteiger partial charge on any atom is 0.328 e. The summed E-state index contributed by atoms with van der Waals surface area (Å²) >= 11 is 1.41. The van der Waals surface area contributed by atoms with E-state index in [4.69, 9.17) is 4.74 Å². The van der Waals surface area contributed by atoms with Gasteiger partial charge in [-0.3, -0.25) is 0 Å². The molecule has 1 saturated carbocycles. The molecule has 3 aromatic rings. The molecule has 5 nitrogen and oxygen atoms in total. The van der Waals surface area contributed by atoms with E-state index in [0.29, 0.717) is 17.8 Å². The molecule has 0 saturated heterocycles. The molecule has 0 spiro atoms. The average molecular weight is 396 g/mol. The lowest BCUT2D eigenvalue weighted by Crippen LogP contribution is -2.59. The number of hydrogen-bond donors (Lipinski definition) is 1. The minimum absolute atomic E-state index is 0.213. The molecule has 146 valence electrons. The third kappa shape index (κ3) is 4.04. The number of benzene rings is 2. The lowest BCUT2D eigenvalue weighted by molar-refractivity contribution is -0.154. The van der Waals surface area contributed by atoms with Gasteiger partial charge in [0.25, 0.3) is 0 Å². The fourth-order valence-corrected chi connectivity index (χ4v) is 4.63. The van der Waals surface area contributed by atoms with Crippen molar-refractivity contribution in [1.82, 2.24) is 5.43 Å². The number of anilines is 1. The van der Waals surface area contributed by atoms with E-state index in [1.54, 1.807) is 0 Å².